The van der Waals surface area contributed by atoms with E-state index >= 15 is 0 Å². The van der Waals surface area contributed by atoms with Crippen LogP contribution < -0.4 is 0 Å². The van der Waals surface area contributed by atoms with Crippen LogP contribution in [-0.2, 0) is 11.2 Å². The SMILES string of the molecule is CC(=O)Cc1cccc(C2CCC(C)CC2)c1. The average Bonchev–Trinajstić information content (AvgIpc) is 2.29. The third-order valence-corrected chi connectivity index (χ3v) is 3.89. The van der Waals surface area contributed by atoms with Crippen LogP contribution in [0.25, 0.3) is 0 Å². The first kappa shape index (κ1) is 12.3. The molecule has 0 spiro atoms. The Morgan fingerprint density at radius 2 is 1.94 bits per heavy atom. The van der Waals surface area contributed by atoms with Gasteiger partial charge in [-0.2, -0.15) is 0 Å². The topological polar surface area (TPSA) is 17.1 Å². The molecule has 1 aromatic rings. The molecule has 0 aliphatic heterocycles. The van der Waals surface area contributed by atoms with Crippen molar-refractivity contribution in [3.05, 3.63) is 35.4 Å². The number of hydrogen-bond donors (Lipinski definition) is 0. The summed E-state index contributed by atoms with van der Waals surface area (Å²) in [6.45, 7) is 4.01. The Bertz CT molecular complexity index is 386. The molecule has 0 aromatic heterocycles. The molecule has 1 nitrogen and oxygen atoms in total. The van der Waals surface area contributed by atoms with Crippen LogP contribution in [-0.4, -0.2) is 5.78 Å². The van der Waals surface area contributed by atoms with E-state index < -0.39 is 0 Å². The molecule has 0 unspecified atom stereocenters. The van der Waals surface area contributed by atoms with Gasteiger partial charge in [0.15, 0.2) is 0 Å². The van der Waals surface area contributed by atoms with Gasteiger partial charge in [0.2, 0.25) is 0 Å². The molecule has 0 amide bonds. The summed E-state index contributed by atoms with van der Waals surface area (Å²) >= 11 is 0. The van der Waals surface area contributed by atoms with E-state index in [1.807, 2.05) is 0 Å². The molecule has 92 valence electrons. The molecular weight excluding hydrogens is 208 g/mol. The first-order valence-electron chi connectivity index (χ1n) is 6.73. The summed E-state index contributed by atoms with van der Waals surface area (Å²) in [5.74, 6) is 1.86. The fourth-order valence-corrected chi connectivity index (χ4v) is 2.84. The summed E-state index contributed by atoms with van der Waals surface area (Å²) in [7, 11) is 0. The van der Waals surface area contributed by atoms with Crippen LogP contribution in [0, 0.1) is 5.92 Å². The zero-order valence-electron chi connectivity index (χ0n) is 10.9. The molecule has 0 radical (unpaired) electrons. The number of hydrogen-bond acceptors (Lipinski definition) is 1. The summed E-state index contributed by atoms with van der Waals surface area (Å²) in [6, 6.07) is 8.63. The normalized spacial score (nSPS) is 24.6. The molecule has 1 saturated carbocycles. The van der Waals surface area contributed by atoms with Gasteiger partial charge in [0.1, 0.15) is 5.78 Å². The van der Waals surface area contributed by atoms with Gasteiger partial charge in [0.05, 0.1) is 0 Å². The van der Waals surface area contributed by atoms with Crippen molar-refractivity contribution >= 4 is 5.78 Å². The predicted molar refractivity (Wildman–Crippen MR) is 71.2 cm³/mol. The summed E-state index contributed by atoms with van der Waals surface area (Å²) in [4.78, 5) is 11.1. The van der Waals surface area contributed by atoms with Crippen molar-refractivity contribution < 1.29 is 4.79 Å². The maximum Gasteiger partial charge on any atom is 0.134 e. The highest BCUT2D eigenvalue weighted by Crippen LogP contribution is 2.35. The fraction of sp³-hybridized carbons (Fsp3) is 0.562. The summed E-state index contributed by atoms with van der Waals surface area (Å²) in [5, 5.41) is 0. The van der Waals surface area contributed by atoms with E-state index in [0.717, 1.165) is 11.8 Å². The Hall–Kier alpha value is -1.11. The number of carbonyl (C=O) groups excluding carboxylic acids is 1. The Kier molecular flexibility index (Phi) is 3.98. The number of ketones is 1. The molecular formula is C16H22O. The monoisotopic (exact) mass is 230 g/mol. The molecule has 17 heavy (non-hydrogen) atoms. The lowest BCUT2D eigenvalue weighted by Crippen LogP contribution is -2.11. The van der Waals surface area contributed by atoms with Crippen molar-refractivity contribution in [2.45, 2.75) is 51.9 Å². The third kappa shape index (κ3) is 3.42. The minimum absolute atomic E-state index is 0.249. The average molecular weight is 230 g/mol. The van der Waals surface area contributed by atoms with E-state index in [1.165, 1.54) is 36.8 Å². The van der Waals surface area contributed by atoms with Crippen LogP contribution in [0.3, 0.4) is 0 Å². The molecule has 0 saturated heterocycles. The van der Waals surface area contributed by atoms with E-state index in [1.54, 1.807) is 6.92 Å². The van der Waals surface area contributed by atoms with Gasteiger partial charge in [-0.05, 0) is 42.7 Å². The molecule has 0 N–H and O–H groups in total. The highest BCUT2D eigenvalue weighted by atomic mass is 16.1. The minimum Gasteiger partial charge on any atom is -0.300 e. The van der Waals surface area contributed by atoms with Crippen LogP contribution in [0.1, 0.15) is 56.6 Å². The molecule has 1 fully saturated rings. The lowest BCUT2D eigenvalue weighted by molar-refractivity contribution is -0.116. The second-order valence-corrected chi connectivity index (χ2v) is 5.58. The number of benzene rings is 1. The van der Waals surface area contributed by atoms with Gasteiger partial charge in [-0.15, -0.1) is 0 Å². The quantitative estimate of drug-likeness (QED) is 0.763. The van der Waals surface area contributed by atoms with Crippen molar-refractivity contribution in [2.75, 3.05) is 0 Å². The molecule has 1 heteroatoms. The van der Waals surface area contributed by atoms with E-state index in [9.17, 15) is 4.79 Å². The Balaban J connectivity index is 2.07. The summed E-state index contributed by atoms with van der Waals surface area (Å²) in [5.41, 5.74) is 2.62. The van der Waals surface area contributed by atoms with Crippen molar-refractivity contribution in [1.82, 2.24) is 0 Å². The summed E-state index contributed by atoms with van der Waals surface area (Å²) < 4.78 is 0. The van der Waals surface area contributed by atoms with Crippen LogP contribution in [0.2, 0.25) is 0 Å². The van der Waals surface area contributed by atoms with E-state index in [4.69, 9.17) is 0 Å². The minimum atomic E-state index is 0.249. The zero-order chi connectivity index (χ0) is 12.3. The molecule has 0 bridgehead atoms. The second kappa shape index (κ2) is 5.48. The van der Waals surface area contributed by atoms with Crippen molar-refractivity contribution in [1.29, 1.82) is 0 Å². The predicted octanol–water partition coefficient (Wildman–Crippen LogP) is 4.11. The number of rotatable bonds is 3. The van der Waals surface area contributed by atoms with Gasteiger partial charge in [0.25, 0.3) is 0 Å². The standard InChI is InChI=1S/C16H22O/c1-12-6-8-15(9-7-12)16-5-3-4-14(11-16)10-13(2)17/h3-5,11-12,15H,6-10H2,1-2H3. The largest absolute Gasteiger partial charge is 0.300 e. The molecule has 1 aliphatic rings. The first-order valence-corrected chi connectivity index (χ1v) is 6.73. The van der Waals surface area contributed by atoms with Crippen molar-refractivity contribution in [2.24, 2.45) is 5.92 Å². The molecule has 0 heterocycles. The van der Waals surface area contributed by atoms with Gasteiger partial charge >= 0.3 is 0 Å². The van der Waals surface area contributed by atoms with Gasteiger partial charge in [0, 0.05) is 6.42 Å². The Labute approximate surface area is 104 Å². The molecule has 1 aromatic carbocycles. The highest BCUT2D eigenvalue weighted by molar-refractivity contribution is 5.78. The maximum absolute atomic E-state index is 11.1. The van der Waals surface area contributed by atoms with Gasteiger partial charge in [-0.25, -0.2) is 0 Å². The van der Waals surface area contributed by atoms with E-state index in [0.29, 0.717) is 6.42 Å². The molecule has 2 rings (SSSR count). The fourth-order valence-electron chi connectivity index (χ4n) is 2.84. The lowest BCUT2D eigenvalue weighted by Gasteiger charge is -2.26. The second-order valence-electron chi connectivity index (χ2n) is 5.58. The van der Waals surface area contributed by atoms with Crippen LogP contribution in [0.5, 0.6) is 0 Å². The van der Waals surface area contributed by atoms with Crippen molar-refractivity contribution in [3.8, 4) is 0 Å². The maximum atomic E-state index is 11.1. The smallest absolute Gasteiger partial charge is 0.134 e. The number of Topliss-reactive ketones (excluding diaryl/α,β-unsaturated/α-hetero) is 1. The first-order chi connectivity index (χ1) is 8.15. The zero-order valence-corrected chi connectivity index (χ0v) is 10.9. The Morgan fingerprint density at radius 1 is 1.24 bits per heavy atom. The van der Waals surface area contributed by atoms with E-state index in [2.05, 4.69) is 31.2 Å². The van der Waals surface area contributed by atoms with Gasteiger partial charge < -0.3 is 0 Å². The lowest BCUT2D eigenvalue weighted by atomic mass is 9.79. The molecule has 0 atom stereocenters. The van der Waals surface area contributed by atoms with Crippen LogP contribution >= 0.6 is 0 Å². The van der Waals surface area contributed by atoms with Gasteiger partial charge in [-0.1, -0.05) is 44.0 Å². The van der Waals surface area contributed by atoms with Crippen LogP contribution in [0.4, 0.5) is 0 Å². The highest BCUT2D eigenvalue weighted by Gasteiger charge is 2.19. The number of carbonyl (C=O) groups is 1. The van der Waals surface area contributed by atoms with Crippen LogP contribution in [0.15, 0.2) is 24.3 Å². The Morgan fingerprint density at radius 3 is 2.59 bits per heavy atom. The summed E-state index contributed by atoms with van der Waals surface area (Å²) in [6.07, 6.45) is 5.90. The molecule has 1 aliphatic carbocycles. The van der Waals surface area contributed by atoms with E-state index in [-0.39, 0.29) is 5.78 Å². The van der Waals surface area contributed by atoms with Gasteiger partial charge in [-0.3, -0.25) is 4.79 Å². The third-order valence-electron chi connectivity index (χ3n) is 3.89. The van der Waals surface area contributed by atoms with Crippen molar-refractivity contribution in [3.63, 3.8) is 0 Å².